The van der Waals surface area contributed by atoms with Gasteiger partial charge in [-0.3, -0.25) is 4.79 Å². The molecule has 1 atom stereocenters. The molecule has 3 N–H and O–H groups in total. The molecule has 0 fully saturated rings. The first-order chi connectivity index (χ1) is 18.6. The van der Waals surface area contributed by atoms with E-state index in [9.17, 15) is 14.7 Å². The summed E-state index contributed by atoms with van der Waals surface area (Å²) in [5, 5.41) is 13.3. The minimum absolute atomic E-state index is 0.163. The normalized spacial score (nSPS) is 12.1. The smallest absolute Gasteiger partial charge is 0.326 e. The van der Waals surface area contributed by atoms with Gasteiger partial charge in [-0.1, -0.05) is 141 Å². The van der Waals surface area contributed by atoms with Crippen molar-refractivity contribution in [2.24, 2.45) is 0 Å². The van der Waals surface area contributed by atoms with E-state index < -0.39 is 12.0 Å². The fraction of sp³-hybridized carbons (Fsp3) is 0.697. The number of aromatic amines is 1. The average molecular weight is 527 g/mol. The van der Waals surface area contributed by atoms with Gasteiger partial charge in [-0.25, -0.2) is 4.79 Å². The number of carbonyl (C=O) groups is 2. The SMILES string of the molecule is CCCCCCCCCCCCCCCCCCCCCC(=O)N[C@@H](Cc1c[nH]c2ccccc12)C(=O)O. The van der Waals surface area contributed by atoms with Crippen LogP contribution in [0.3, 0.4) is 0 Å². The van der Waals surface area contributed by atoms with Crippen molar-refractivity contribution in [2.45, 2.75) is 148 Å². The molecule has 0 saturated carbocycles. The van der Waals surface area contributed by atoms with Crippen LogP contribution in [0.5, 0.6) is 0 Å². The molecule has 0 aliphatic carbocycles. The number of aliphatic carboxylic acids is 1. The van der Waals surface area contributed by atoms with Gasteiger partial charge in [0.2, 0.25) is 5.91 Å². The van der Waals surface area contributed by atoms with Crippen LogP contribution in [0.15, 0.2) is 30.5 Å². The van der Waals surface area contributed by atoms with Crippen molar-refractivity contribution >= 4 is 22.8 Å². The number of fused-ring (bicyclic) bond motifs is 1. The number of hydrogen-bond donors (Lipinski definition) is 3. The lowest BCUT2D eigenvalue weighted by Crippen LogP contribution is -2.42. The zero-order valence-corrected chi connectivity index (χ0v) is 24.1. The number of benzene rings is 1. The molecule has 1 amide bonds. The van der Waals surface area contributed by atoms with Gasteiger partial charge < -0.3 is 15.4 Å². The highest BCUT2D eigenvalue weighted by atomic mass is 16.4. The number of aromatic nitrogens is 1. The van der Waals surface area contributed by atoms with E-state index in [2.05, 4.69) is 17.2 Å². The van der Waals surface area contributed by atoms with E-state index in [1.807, 2.05) is 30.5 Å². The number of rotatable bonds is 24. The molecule has 214 valence electrons. The molecule has 5 nitrogen and oxygen atoms in total. The van der Waals surface area contributed by atoms with E-state index in [-0.39, 0.29) is 12.3 Å². The molecule has 1 heterocycles. The lowest BCUT2D eigenvalue weighted by atomic mass is 10.0. The van der Waals surface area contributed by atoms with Crippen LogP contribution in [-0.4, -0.2) is 28.0 Å². The molecule has 2 aromatic rings. The van der Waals surface area contributed by atoms with Crippen LogP contribution < -0.4 is 5.32 Å². The van der Waals surface area contributed by atoms with Crippen molar-refractivity contribution in [1.29, 1.82) is 0 Å². The number of amides is 1. The lowest BCUT2D eigenvalue weighted by Gasteiger charge is -2.14. The first-order valence-corrected chi connectivity index (χ1v) is 15.7. The second-order valence-electron chi connectivity index (χ2n) is 11.1. The summed E-state index contributed by atoms with van der Waals surface area (Å²) < 4.78 is 0. The number of para-hydroxylation sites is 1. The molecule has 2 rings (SSSR count). The second kappa shape index (κ2) is 20.6. The Morgan fingerprint density at radius 1 is 0.737 bits per heavy atom. The summed E-state index contributed by atoms with van der Waals surface area (Å²) in [7, 11) is 0. The van der Waals surface area contributed by atoms with Gasteiger partial charge in [0, 0.05) is 29.9 Å². The van der Waals surface area contributed by atoms with Crippen LogP contribution >= 0.6 is 0 Å². The van der Waals surface area contributed by atoms with E-state index in [1.54, 1.807) is 0 Å². The number of carboxylic acids is 1. The Bertz CT molecular complexity index is 891. The molecular weight excluding hydrogens is 472 g/mol. The number of unbranched alkanes of at least 4 members (excludes halogenated alkanes) is 18. The second-order valence-corrected chi connectivity index (χ2v) is 11.1. The number of hydrogen-bond acceptors (Lipinski definition) is 2. The fourth-order valence-electron chi connectivity index (χ4n) is 5.35. The molecule has 0 aliphatic rings. The molecule has 1 aromatic heterocycles. The van der Waals surface area contributed by atoms with Crippen molar-refractivity contribution in [1.82, 2.24) is 10.3 Å². The molecule has 0 radical (unpaired) electrons. The summed E-state index contributed by atoms with van der Waals surface area (Å²) in [6, 6.07) is 6.92. The van der Waals surface area contributed by atoms with Crippen molar-refractivity contribution < 1.29 is 14.7 Å². The van der Waals surface area contributed by atoms with Crippen molar-refractivity contribution in [2.75, 3.05) is 0 Å². The summed E-state index contributed by atoms with van der Waals surface area (Å²) in [6.07, 6.45) is 27.7. The van der Waals surface area contributed by atoms with Gasteiger partial charge in [-0.2, -0.15) is 0 Å². The Labute approximate surface area is 231 Å². The number of H-pyrrole nitrogens is 1. The summed E-state index contributed by atoms with van der Waals surface area (Å²) in [6.45, 7) is 2.28. The Kier molecular flexibility index (Phi) is 17.3. The molecule has 0 spiro atoms. The highest BCUT2D eigenvalue weighted by Gasteiger charge is 2.21. The van der Waals surface area contributed by atoms with Crippen molar-refractivity contribution in [3.63, 3.8) is 0 Å². The summed E-state index contributed by atoms with van der Waals surface area (Å²) in [5.74, 6) is -1.15. The van der Waals surface area contributed by atoms with Gasteiger partial charge >= 0.3 is 5.97 Å². The predicted molar refractivity (Wildman–Crippen MR) is 160 cm³/mol. The molecular formula is C33H54N2O3. The molecule has 0 unspecified atom stereocenters. The van der Waals surface area contributed by atoms with Crippen molar-refractivity contribution in [3.05, 3.63) is 36.0 Å². The maximum absolute atomic E-state index is 12.4. The first kappa shape index (κ1) is 31.9. The molecule has 0 saturated heterocycles. The van der Waals surface area contributed by atoms with Gasteiger partial charge in [-0.05, 0) is 18.1 Å². The van der Waals surface area contributed by atoms with Crippen LogP contribution in [0.1, 0.15) is 141 Å². The zero-order valence-electron chi connectivity index (χ0n) is 24.1. The van der Waals surface area contributed by atoms with Gasteiger partial charge in [-0.15, -0.1) is 0 Å². The standard InChI is InChI=1S/C33H54N2O3/c1-2-3-4-5-6-7-8-9-10-11-12-13-14-15-16-17-18-19-20-25-32(36)35-31(33(37)38)26-28-27-34-30-24-22-21-23-29(28)30/h21-24,27,31,34H,2-20,25-26H2,1H3,(H,35,36)(H,37,38)/t31-/m0/s1. The Morgan fingerprint density at radius 3 is 1.71 bits per heavy atom. The maximum atomic E-state index is 12.4. The van der Waals surface area contributed by atoms with Crippen LogP contribution in [0.2, 0.25) is 0 Å². The predicted octanol–water partition coefficient (Wildman–Crippen LogP) is 9.10. The van der Waals surface area contributed by atoms with E-state index in [0.29, 0.717) is 6.42 Å². The highest BCUT2D eigenvalue weighted by molar-refractivity contribution is 5.86. The van der Waals surface area contributed by atoms with Gasteiger partial charge in [0.25, 0.3) is 0 Å². The van der Waals surface area contributed by atoms with Crippen LogP contribution in [-0.2, 0) is 16.0 Å². The average Bonchev–Trinajstić information content (AvgIpc) is 3.32. The van der Waals surface area contributed by atoms with Crippen LogP contribution in [0, 0.1) is 0 Å². The molecule has 38 heavy (non-hydrogen) atoms. The largest absolute Gasteiger partial charge is 0.480 e. The Balaban J connectivity index is 1.40. The summed E-state index contributed by atoms with van der Waals surface area (Å²) in [5.41, 5.74) is 1.89. The lowest BCUT2D eigenvalue weighted by molar-refractivity contribution is -0.141. The maximum Gasteiger partial charge on any atom is 0.326 e. The quantitative estimate of drug-likeness (QED) is 0.119. The van der Waals surface area contributed by atoms with Crippen LogP contribution in [0.4, 0.5) is 0 Å². The molecule has 0 aliphatic heterocycles. The minimum atomic E-state index is -0.989. The summed E-state index contributed by atoms with van der Waals surface area (Å²) >= 11 is 0. The molecule has 0 bridgehead atoms. The fourth-order valence-corrected chi connectivity index (χ4v) is 5.35. The number of carbonyl (C=O) groups excluding carboxylic acids is 1. The third kappa shape index (κ3) is 14.0. The number of carboxylic acid groups (broad SMARTS) is 1. The van der Waals surface area contributed by atoms with E-state index in [4.69, 9.17) is 0 Å². The molecule has 5 heteroatoms. The van der Waals surface area contributed by atoms with E-state index in [1.165, 1.54) is 103 Å². The highest BCUT2D eigenvalue weighted by Crippen LogP contribution is 2.19. The first-order valence-electron chi connectivity index (χ1n) is 15.7. The Morgan fingerprint density at radius 2 is 1.21 bits per heavy atom. The monoisotopic (exact) mass is 526 g/mol. The minimum Gasteiger partial charge on any atom is -0.480 e. The van der Waals surface area contributed by atoms with E-state index >= 15 is 0 Å². The van der Waals surface area contributed by atoms with Crippen molar-refractivity contribution in [3.8, 4) is 0 Å². The van der Waals surface area contributed by atoms with Gasteiger partial charge in [0.1, 0.15) is 6.04 Å². The van der Waals surface area contributed by atoms with Gasteiger partial charge in [0.15, 0.2) is 0 Å². The zero-order chi connectivity index (χ0) is 27.3. The number of nitrogens with one attached hydrogen (secondary N) is 2. The topological polar surface area (TPSA) is 82.2 Å². The van der Waals surface area contributed by atoms with Crippen LogP contribution in [0.25, 0.3) is 10.9 Å². The summed E-state index contributed by atoms with van der Waals surface area (Å²) in [4.78, 5) is 27.2. The van der Waals surface area contributed by atoms with E-state index in [0.717, 1.165) is 35.7 Å². The molecule has 1 aromatic carbocycles. The third-order valence-electron chi connectivity index (χ3n) is 7.74. The Hall–Kier alpha value is -2.30. The van der Waals surface area contributed by atoms with Gasteiger partial charge in [0.05, 0.1) is 0 Å². The third-order valence-corrected chi connectivity index (χ3v) is 7.74.